The smallest absolute Gasteiger partial charge is 0.159 e. The summed E-state index contributed by atoms with van der Waals surface area (Å²) < 4.78 is 26.9. The van der Waals surface area contributed by atoms with Gasteiger partial charge in [0.15, 0.2) is 11.6 Å². The van der Waals surface area contributed by atoms with Crippen molar-refractivity contribution in [2.75, 3.05) is 0 Å². The number of aromatic nitrogens is 4. The second kappa shape index (κ2) is 3.86. The molecule has 0 fully saturated rings. The molecule has 0 saturated heterocycles. The van der Waals surface area contributed by atoms with Gasteiger partial charge < -0.3 is 4.98 Å². The van der Waals surface area contributed by atoms with Crippen molar-refractivity contribution in [1.82, 2.24) is 20.2 Å². The van der Waals surface area contributed by atoms with E-state index in [-0.39, 0.29) is 5.52 Å². The number of aromatic amines is 2. The number of imidazole rings is 1. The SMILES string of the molecule is Fc1cc(F)c2nc(-c3n[nH]c4ccccc34)[nH]c2c1. The maximum absolute atomic E-state index is 13.7. The summed E-state index contributed by atoms with van der Waals surface area (Å²) in [5, 5.41) is 7.93. The summed E-state index contributed by atoms with van der Waals surface area (Å²) in [5.74, 6) is -0.929. The van der Waals surface area contributed by atoms with E-state index in [0.717, 1.165) is 17.0 Å². The highest BCUT2D eigenvalue weighted by molar-refractivity contribution is 5.93. The number of rotatable bonds is 1. The molecule has 0 aliphatic carbocycles. The minimum Gasteiger partial charge on any atom is -0.336 e. The molecule has 0 radical (unpaired) electrons. The molecule has 2 N–H and O–H groups in total. The predicted octanol–water partition coefficient (Wildman–Crippen LogP) is 3.38. The van der Waals surface area contributed by atoms with Crippen LogP contribution < -0.4 is 0 Å². The molecule has 6 heteroatoms. The lowest BCUT2D eigenvalue weighted by Crippen LogP contribution is -1.82. The Kier molecular flexibility index (Phi) is 2.14. The fraction of sp³-hybridized carbons (Fsp3) is 0. The first-order chi connectivity index (χ1) is 9.72. The van der Waals surface area contributed by atoms with Gasteiger partial charge in [0.25, 0.3) is 0 Å². The number of benzene rings is 2. The van der Waals surface area contributed by atoms with Gasteiger partial charge in [-0.05, 0) is 12.1 Å². The molecule has 0 aliphatic heterocycles. The number of H-pyrrole nitrogens is 2. The third-order valence-electron chi connectivity index (χ3n) is 3.20. The molecule has 2 aromatic carbocycles. The molecule has 0 bridgehead atoms. The Hall–Kier alpha value is -2.76. The highest BCUT2D eigenvalue weighted by Gasteiger charge is 2.14. The van der Waals surface area contributed by atoms with E-state index in [1.807, 2.05) is 24.3 Å². The summed E-state index contributed by atoms with van der Waals surface area (Å²) in [6.45, 7) is 0. The highest BCUT2D eigenvalue weighted by Crippen LogP contribution is 2.27. The number of para-hydroxylation sites is 1. The zero-order valence-corrected chi connectivity index (χ0v) is 10.1. The molecule has 0 unspecified atom stereocenters. The van der Waals surface area contributed by atoms with Gasteiger partial charge in [-0.1, -0.05) is 18.2 Å². The minimum absolute atomic E-state index is 0.105. The lowest BCUT2D eigenvalue weighted by atomic mass is 10.2. The summed E-state index contributed by atoms with van der Waals surface area (Å²) in [5.41, 5.74) is 1.85. The zero-order chi connectivity index (χ0) is 13.7. The molecular weight excluding hydrogens is 262 g/mol. The van der Waals surface area contributed by atoms with Crippen LogP contribution in [0.1, 0.15) is 0 Å². The van der Waals surface area contributed by atoms with Crippen LogP contribution in [-0.2, 0) is 0 Å². The van der Waals surface area contributed by atoms with Gasteiger partial charge in [0, 0.05) is 11.5 Å². The van der Waals surface area contributed by atoms with Crippen molar-refractivity contribution in [1.29, 1.82) is 0 Å². The molecule has 2 heterocycles. The first-order valence-corrected chi connectivity index (χ1v) is 6.00. The normalized spacial score (nSPS) is 11.5. The van der Waals surface area contributed by atoms with Gasteiger partial charge in [-0.15, -0.1) is 0 Å². The maximum Gasteiger partial charge on any atom is 0.159 e. The van der Waals surface area contributed by atoms with Crippen LogP contribution in [0.3, 0.4) is 0 Å². The van der Waals surface area contributed by atoms with Gasteiger partial charge in [-0.3, -0.25) is 5.10 Å². The Morgan fingerprint density at radius 2 is 1.85 bits per heavy atom. The third kappa shape index (κ3) is 1.51. The summed E-state index contributed by atoms with van der Waals surface area (Å²) in [6.07, 6.45) is 0. The van der Waals surface area contributed by atoms with Crippen LogP contribution in [0.25, 0.3) is 33.5 Å². The Labute approximate surface area is 111 Å². The van der Waals surface area contributed by atoms with Crippen molar-refractivity contribution < 1.29 is 8.78 Å². The molecule has 4 rings (SSSR count). The van der Waals surface area contributed by atoms with Crippen molar-refractivity contribution in [3.8, 4) is 11.5 Å². The number of fused-ring (bicyclic) bond motifs is 2. The summed E-state index contributed by atoms with van der Waals surface area (Å²) in [4.78, 5) is 7.06. The second-order valence-corrected chi connectivity index (χ2v) is 4.49. The summed E-state index contributed by atoms with van der Waals surface area (Å²) >= 11 is 0. The van der Waals surface area contributed by atoms with Crippen molar-refractivity contribution in [3.05, 3.63) is 48.0 Å². The van der Waals surface area contributed by atoms with Crippen molar-refractivity contribution in [2.45, 2.75) is 0 Å². The van der Waals surface area contributed by atoms with Gasteiger partial charge in [0.05, 0.1) is 11.0 Å². The molecule has 4 nitrogen and oxygen atoms in total. The quantitative estimate of drug-likeness (QED) is 0.557. The molecular formula is C14H8F2N4. The van der Waals surface area contributed by atoms with Gasteiger partial charge >= 0.3 is 0 Å². The van der Waals surface area contributed by atoms with Gasteiger partial charge in [-0.2, -0.15) is 5.10 Å². The van der Waals surface area contributed by atoms with Crippen molar-refractivity contribution >= 4 is 21.9 Å². The summed E-state index contributed by atoms with van der Waals surface area (Å²) in [7, 11) is 0. The Morgan fingerprint density at radius 3 is 2.75 bits per heavy atom. The van der Waals surface area contributed by atoms with Gasteiger partial charge in [0.2, 0.25) is 0 Å². The van der Waals surface area contributed by atoms with Crippen LogP contribution in [0, 0.1) is 11.6 Å². The van der Waals surface area contributed by atoms with Crippen molar-refractivity contribution in [3.63, 3.8) is 0 Å². The fourth-order valence-electron chi connectivity index (χ4n) is 2.30. The van der Waals surface area contributed by atoms with E-state index in [2.05, 4.69) is 20.2 Å². The maximum atomic E-state index is 13.7. The average Bonchev–Trinajstić information content (AvgIpc) is 3.01. The fourth-order valence-corrected chi connectivity index (χ4v) is 2.30. The number of hydrogen-bond donors (Lipinski definition) is 2. The molecule has 0 aliphatic rings. The topological polar surface area (TPSA) is 57.4 Å². The zero-order valence-electron chi connectivity index (χ0n) is 10.1. The van der Waals surface area contributed by atoms with Crippen molar-refractivity contribution in [2.24, 2.45) is 0 Å². The van der Waals surface area contributed by atoms with E-state index >= 15 is 0 Å². The number of nitrogens with one attached hydrogen (secondary N) is 2. The largest absolute Gasteiger partial charge is 0.336 e. The number of nitrogens with zero attached hydrogens (tertiary/aromatic N) is 2. The lowest BCUT2D eigenvalue weighted by molar-refractivity contribution is 0.591. The molecule has 4 aromatic rings. The van der Waals surface area contributed by atoms with Crippen LogP contribution >= 0.6 is 0 Å². The first kappa shape index (κ1) is 11.1. The standard InChI is InChI=1S/C14H8F2N4/c15-7-5-9(16)13-11(6-7)17-14(18-13)12-8-3-1-2-4-10(8)19-20-12/h1-6H,(H,17,18)(H,19,20). The van der Waals surface area contributed by atoms with Gasteiger partial charge in [-0.25, -0.2) is 13.8 Å². The number of halogens is 2. The molecule has 0 saturated carbocycles. The molecule has 20 heavy (non-hydrogen) atoms. The lowest BCUT2D eigenvalue weighted by Gasteiger charge is -1.90. The Balaban J connectivity index is 2.01. The molecule has 0 amide bonds. The summed E-state index contributed by atoms with van der Waals surface area (Å²) in [6, 6.07) is 9.56. The molecule has 2 aromatic heterocycles. The Morgan fingerprint density at radius 1 is 1.00 bits per heavy atom. The monoisotopic (exact) mass is 270 g/mol. The van der Waals surface area contributed by atoms with Crippen LogP contribution in [0.15, 0.2) is 36.4 Å². The van der Waals surface area contributed by atoms with E-state index in [1.165, 1.54) is 6.07 Å². The van der Waals surface area contributed by atoms with E-state index < -0.39 is 11.6 Å². The predicted molar refractivity (Wildman–Crippen MR) is 71.1 cm³/mol. The van der Waals surface area contributed by atoms with E-state index in [9.17, 15) is 8.78 Å². The van der Waals surface area contributed by atoms with Crippen LogP contribution in [0.5, 0.6) is 0 Å². The third-order valence-corrected chi connectivity index (χ3v) is 3.20. The molecule has 98 valence electrons. The van der Waals surface area contributed by atoms with Gasteiger partial charge in [0.1, 0.15) is 17.0 Å². The Bertz CT molecular complexity index is 939. The average molecular weight is 270 g/mol. The van der Waals surface area contributed by atoms with Crippen LogP contribution in [0.2, 0.25) is 0 Å². The van der Waals surface area contributed by atoms with Crippen LogP contribution in [-0.4, -0.2) is 20.2 Å². The highest BCUT2D eigenvalue weighted by atomic mass is 19.1. The molecule has 0 atom stereocenters. The minimum atomic E-state index is -0.692. The second-order valence-electron chi connectivity index (χ2n) is 4.49. The van der Waals surface area contributed by atoms with E-state index in [0.29, 0.717) is 17.0 Å². The van der Waals surface area contributed by atoms with Crippen LogP contribution in [0.4, 0.5) is 8.78 Å². The molecule has 0 spiro atoms. The van der Waals surface area contributed by atoms with E-state index in [1.54, 1.807) is 0 Å². The van der Waals surface area contributed by atoms with E-state index in [4.69, 9.17) is 0 Å². The first-order valence-electron chi connectivity index (χ1n) is 6.00. The number of hydrogen-bond acceptors (Lipinski definition) is 2.